The van der Waals surface area contributed by atoms with Crippen molar-refractivity contribution in [1.29, 1.82) is 0 Å². The highest BCUT2D eigenvalue weighted by atomic mass is 15.3. The molecule has 0 amide bonds. The topological polar surface area (TPSA) is 6.25 Å². The van der Waals surface area contributed by atoms with Crippen LogP contribution in [0.3, 0.4) is 0 Å². The highest BCUT2D eigenvalue weighted by Gasteiger charge is 2.25. The summed E-state index contributed by atoms with van der Waals surface area (Å²) in [6.07, 6.45) is 2.24. The lowest BCUT2D eigenvalue weighted by Gasteiger charge is -2.27. The van der Waals surface area contributed by atoms with Crippen molar-refractivity contribution < 1.29 is 4.58 Å². The standard InChI is InChI=1S/C26H21N2/c1-3-9-21(10-4-1)22-15-17-24(18-16-22)27-19-23-11-7-8-14-26(23)28(20-27)25-12-5-2-6-13-25/h1-19H,20H2/q+1. The van der Waals surface area contributed by atoms with Crippen molar-refractivity contribution in [3.05, 3.63) is 115 Å². The summed E-state index contributed by atoms with van der Waals surface area (Å²) in [6, 6.07) is 38.5. The molecule has 0 atom stereocenters. The van der Waals surface area contributed by atoms with Crippen molar-refractivity contribution in [2.24, 2.45) is 0 Å². The molecule has 0 spiro atoms. The van der Waals surface area contributed by atoms with Crippen LogP contribution in [0.5, 0.6) is 0 Å². The lowest BCUT2D eigenvalue weighted by Crippen LogP contribution is -2.31. The molecule has 4 aromatic rings. The summed E-state index contributed by atoms with van der Waals surface area (Å²) in [5, 5.41) is 0. The van der Waals surface area contributed by atoms with Gasteiger partial charge in [0.15, 0.2) is 6.21 Å². The average Bonchev–Trinajstić information content (AvgIpc) is 2.79. The van der Waals surface area contributed by atoms with E-state index in [0.717, 1.165) is 6.67 Å². The number of para-hydroxylation sites is 2. The van der Waals surface area contributed by atoms with E-state index < -0.39 is 0 Å². The molecule has 0 aromatic heterocycles. The Morgan fingerprint density at radius 2 is 1.18 bits per heavy atom. The molecule has 0 fully saturated rings. The van der Waals surface area contributed by atoms with Crippen LogP contribution >= 0.6 is 0 Å². The third-order valence-electron chi connectivity index (χ3n) is 5.19. The second-order valence-electron chi connectivity index (χ2n) is 6.98. The van der Waals surface area contributed by atoms with Crippen LogP contribution < -0.4 is 4.90 Å². The molecule has 2 nitrogen and oxygen atoms in total. The molecule has 134 valence electrons. The maximum atomic E-state index is 2.36. The van der Waals surface area contributed by atoms with Gasteiger partial charge in [0.05, 0.1) is 11.3 Å². The maximum Gasteiger partial charge on any atom is 0.228 e. The third kappa shape index (κ3) is 3.10. The molecule has 2 heteroatoms. The molecular formula is C26H21N2+. The van der Waals surface area contributed by atoms with Gasteiger partial charge in [-0.1, -0.05) is 60.7 Å². The van der Waals surface area contributed by atoms with E-state index in [9.17, 15) is 0 Å². The molecule has 0 aliphatic carbocycles. The van der Waals surface area contributed by atoms with E-state index in [4.69, 9.17) is 0 Å². The highest BCUT2D eigenvalue weighted by molar-refractivity contribution is 5.89. The van der Waals surface area contributed by atoms with Crippen molar-refractivity contribution in [3.63, 3.8) is 0 Å². The molecule has 0 N–H and O–H groups in total. The van der Waals surface area contributed by atoms with E-state index >= 15 is 0 Å². The summed E-state index contributed by atoms with van der Waals surface area (Å²) in [6.45, 7) is 0.783. The lowest BCUT2D eigenvalue weighted by molar-refractivity contribution is -0.434. The minimum Gasteiger partial charge on any atom is -0.285 e. The summed E-state index contributed by atoms with van der Waals surface area (Å²) in [7, 11) is 0. The monoisotopic (exact) mass is 361 g/mol. The van der Waals surface area contributed by atoms with E-state index in [1.54, 1.807) is 0 Å². The molecule has 0 bridgehead atoms. The van der Waals surface area contributed by atoms with E-state index in [1.165, 1.54) is 33.8 Å². The number of hydrogen-bond donors (Lipinski definition) is 0. The Labute approximate surface area is 165 Å². The van der Waals surface area contributed by atoms with Gasteiger partial charge in [0, 0.05) is 17.8 Å². The SMILES string of the molecule is C1=[N+](c2ccc(-c3ccccc3)cc2)CN(c2ccccc2)c2ccccc21. The number of benzene rings is 4. The zero-order valence-electron chi connectivity index (χ0n) is 15.6. The first-order chi connectivity index (χ1) is 13.9. The third-order valence-corrected chi connectivity index (χ3v) is 5.19. The fourth-order valence-electron chi connectivity index (χ4n) is 3.74. The first kappa shape index (κ1) is 16.5. The maximum absolute atomic E-state index is 2.36. The first-order valence-electron chi connectivity index (χ1n) is 9.57. The molecule has 1 aliphatic heterocycles. The number of nitrogens with zero attached hydrogens (tertiary/aromatic N) is 2. The van der Waals surface area contributed by atoms with Crippen molar-refractivity contribution >= 4 is 23.3 Å². The van der Waals surface area contributed by atoms with Crippen LogP contribution in [0.15, 0.2) is 109 Å². The van der Waals surface area contributed by atoms with Crippen LogP contribution in [0.25, 0.3) is 11.1 Å². The van der Waals surface area contributed by atoms with Gasteiger partial charge >= 0.3 is 0 Å². The van der Waals surface area contributed by atoms with Crippen LogP contribution in [0.4, 0.5) is 17.1 Å². The van der Waals surface area contributed by atoms with Crippen molar-refractivity contribution in [2.75, 3.05) is 11.6 Å². The molecule has 0 radical (unpaired) electrons. The Morgan fingerprint density at radius 3 is 1.93 bits per heavy atom. The van der Waals surface area contributed by atoms with Crippen LogP contribution in [0.2, 0.25) is 0 Å². The van der Waals surface area contributed by atoms with Crippen molar-refractivity contribution in [3.8, 4) is 11.1 Å². The Balaban J connectivity index is 1.53. The Kier molecular flexibility index (Phi) is 4.23. The van der Waals surface area contributed by atoms with Gasteiger partial charge in [0.2, 0.25) is 12.4 Å². The van der Waals surface area contributed by atoms with E-state index in [2.05, 4.69) is 125 Å². The summed E-state index contributed by atoms with van der Waals surface area (Å²) in [5.41, 5.74) is 7.34. The predicted octanol–water partition coefficient (Wildman–Crippen LogP) is 6.23. The number of anilines is 2. The number of hydrogen-bond acceptors (Lipinski definition) is 1. The van der Waals surface area contributed by atoms with Crippen molar-refractivity contribution in [1.82, 2.24) is 0 Å². The van der Waals surface area contributed by atoms with Gasteiger partial charge in [0.1, 0.15) is 0 Å². The van der Waals surface area contributed by atoms with Gasteiger partial charge < -0.3 is 0 Å². The molecule has 0 saturated heterocycles. The van der Waals surface area contributed by atoms with Gasteiger partial charge in [-0.2, -0.15) is 4.58 Å². The molecule has 4 aromatic carbocycles. The first-order valence-corrected chi connectivity index (χ1v) is 9.57. The molecule has 1 aliphatic rings. The van der Waals surface area contributed by atoms with Gasteiger partial charge in [-0.15, -0.1) is 0 Å². The second-order valence-corrected chi connectivity index (χ2v) is 6.98. The molecular weight excluding hydrogens is 340 g/mol. The Hall–Kier alpha value is -3.65. The minimum absolute atomic E-state index is 0.783. The fraction of sp³-hybridized carbons (Fsp3) is 0.0385. The smallest absolute Gasteiger partial charge is 0.228 e. The summed E-state index contributed by atoms with van der Waals surface area (Å²) < 4.78 is 2.31. The highest BCUT2D eigenvalue weighted by Crippen LogP contribution is 2.32. The molecule has 0 saturated carbocycles. The van der Waals surface area contributed by atoms with Gasteiger partial charge in [-0.25, -0.2) is 0 Å². The van der Waals surface area contributed by atoms with Crippen molar-refractivity contribution in [2.45, 2.75) is 0 Å². The predicted molar refractivity (Wildman–Crippen MR) is 117 cm³/mol. The Morgan fingerprint density at radius 1 is 0.571 bits per heavy atom. The average molecular weight is 361 g/mol. The van der Waals surface area contributed by atoms with E-state index in [1.807, 2.05) is 0 Å². The van der Waals surface area contributed by atoms with E-state index in [0.29, 0.717) is 0 Å². The summed E-state index contributed by atoms with van der Waals surface area (Å²) >= 11 is 0. The zero-order chi connectivity index (χ0) is 18.8. The minimum atomic E-state index is 0.783. The molecule has 5 rings (SSSR count). The van der Waals surface area contributed by atoms with E-state index in [-0.39, 0.29) is 0 Å². The normalized spacial score (nSPS) is 13.0. The van der Waals surface area contributed by atoms with Crippen LogP contribution in [-0.2, 0) is 0 Å². The second kappa shape index (κ2) is 7.16. The summed E-state index contributed by atoms with van der Waals surface area (Å²) in [4.78, 5) is 2.36. The van der Waals surface area contributed by atoms with Gasteiger partial charge in [-0.3, -0.25) is 4.90 Å². The largest absolute Gasteiger partial charge is 0.285 e. The lowest BCUT2D eigenvalue weighted by atomic mass is 10.1. The fourth-order valence-corrected chi connectivity index (χ4v) is 3.74. The number of fused-ring (bicyclic) bond motifs is 1. The quantitative estimate of drug-likeness (QED) is 0.392. The number of rotatable bonds is 3. The molecule has 0 unspecified atom stereocenters. The van der Waals surface area contributed by atoms with Gasteiger partial charge in [-0.05, 0) is 47.5 Å². The van der Waals surface area contributed by atoms with Gasteiger partial charge in [0.25, 0.3) is 0 Å². The summed E-state index contributed by atoms with van der Waals surface area (Å²) in [5.74, 6) is 0. The molecule has 1 heterocycles. The zero-order valence-corrected chi connectivity index (χ0v) is 15.6. The van der Waals surface area contributed by atoms with Crippen LogP contribution in [0, 0.1) is 0 Å². The van der Waals surface area contributed by atoms with Crippen LogP contribution in [0.1, 0.15) is 5.56 Å². The molecule has 28 heavy (non-hydrogen) atoms. The van der Waals surface area contributed by atoms with Crippen LogP contribution in [-0.4, -0.2) is 17.5 Å². The Bertz CT molecular complexity index is 1110.